The maximum absolute atomic E-state index is 6.09. The highest BCUT2D eigenvalue weighted by Gasteiger charge is 2.19. The number of hydrogen-bond acceptors (Lipinski definition) is 1. The van der Waals surface area contributed by atoms with Gasteiger partial charge in [-0.1, -0.05) is 12.2 Å². The largest absolute Gasteiger partial charge is 0.351 e. The highest BCUT2D eigenvalue weighted by atomic mass is 15.0. The van der Waals surface area contributed by atoms with Crippen LogP contribution in [0.5, 0.6) is 0 Å². The Kier molecular flexibility index (Phi) is 3.27. The molecule has 15 heavy (non-hydrogen) atoms. The van der Waals surface area contributed by atoms with Gasteiger partial charge in [-0.2, -0.15) is 0 Å². The molecule has 0 radical (unpaired) electrons. The van der Waals surface area contributed by atoms with Gasteiger partial charge >= 0.3 is 0 Å². The molecule has 0 aromatic carbocycles. The summed E-state index contributed by atoms with van der Waals surface area (Å²) in [6.45, 7) is 3.16. The zero-order valence-corrected chi connectivity index (χ0v) is 9.45. The number of fused-ring (bicyclic) bond motifs is 1. The summed E-state index contributed by atoms with van der Waals surface area (Å²) >= 11 is 0. The van der Waals surface area contributed by atoms with Crippen LogP contribution in [0.3, 0.4) is 0 Å². The van der Waals surface area contributed by atoms with Crippen molar-refractivity contribution in [3.63, 3.8) is 0 Å². The van der Waals surface area contributed by atoms with Crippen molar-refractivity contribution in [2.75, 3.05) is 0 Å². The summed E-state index contributed by atoms with van der Waals surface area (Å²) in [7, 11) is 0. The molecule has 1 heterocycles. The van der Waals surface area contributed by atoms with Crippen molar-refractivity contribution in [2.24, 2.45) is 5.73 Å². The van der Waals surface area contributed by atoms with Crippen molar-refractivity contribution in [2.45, 2.75) is 45.2 Å². The smallest absolute Gasteiger partial charge is 0.0312 e. The Morgan fingerprint density at radius 2 is 2.47 bits per heavy atom. The van der Waals surface area contributed by atoms with Crippen molar-refractivity contribution in [1.82, 2.24) is 4.57 Å². The highest BCUT2D eigenvalue weighted by Crippen LogP contribution is 2.28. The normalized spacial score (nSPS) is 20.8. The first-order chi connectivity index (χ1) is 7.33. The molecule has 0 amide bonds. The van der Waals surface area contributed by atoms with Crippen molar-refractivity contribution in [3.05, 3.63) is 35.7 Å². The van der Waals surface area contributed by atoms with Crippen LogP contribution in [0.4, 0.5) is 0 Å². The topological polar surface area (TPSA) is 30.9 Å². The van der Waals surface area contributed by atoms with E-state index < -0.39 is 0 Å². The third-order valence-corrected chi connectivity index (χ3v) is 3.21. The lowest BCUT2D eigenvalue weighted by Crippen LogP contribution is -2.18. The average molecular weight is 204 g/mol. The van der Waals surface area contributed by atoms with Gasteiger partial charge in [-0.3, -0.25) is 0 Å². The number of hydrogen-bond donors (Lipinski definition) is 1. The Morgan fingerprint density at radius 1 is 1.60 bits per heavy atom. The van der Waals surface area contributed by atoms with E-state index in [1.165, 1.54) is 24.1 Å². The van der Waals surface area contributed by atoms with Crippen LogP contribution in [-0.4, -0.2) is 4.57 Å². The summed E-state index contributed by atoms with van der Waals surface area (Å²) in [5, 5.41) is 0. The Balaban J connectivity index is 2.12. The van der Waals surface area contributed by atoms with Gasteiger partial charge in [0.2, 0.25) is 0 Å². The molecule has 0 saturated heterocycles. The number of aryl methyl sites for hydroxylation is 1. The molecule has 1 aromatic heterocycles. The van der Waals surface area contributed by atoms with E-state index in [1.54, 1.807) is 0 Å². The molecule has 2 rings (SSSR count). The maximum Gasteiger partial charge on any atom is 0.0312 e. The molecule has 0 aliphatic heterocycles. The predicted molar refractivity (Wildman–Crippen MR) is 63.7 cm³/mol. The van der Waals surface area contributed by atoms with Gasteiger partial charge in [0.05, 0.1) is 0 Å². The van der Waals surface area contributed by atoms with Crippen LogP contribution < -0.4 is 5.73 Å². The van der Waals surface area contributed by atoms with Crippen LogP contribution in [0.15, 0.2) is 24.4 Å². The number of aromatic nitrogens is 1. The molecule has 0 bridgehead atoms. The average Bonchev–Trinajstić information content (AvgIpc) is 2.64. The van der Waals surface area contributed by atoms with Crippen LogP contribution in [0.25, 0.3) is 0 Å². The molecule has 1 unspecified atom stereocenters. The zero-order valence-electron chi connectivity index (χ0n) is 9.45. The summed E-state index contributed by atoms with van der Waals surface area (Å²) in [6, 6.07) is 2.48. The van der Waals surface area contributed by atoms with Gasteiger partial charge in [0, 0.05) is 24.5 Å². The van der Waals surface area contributed by atoms with Crippen LogP contribution in [0.2, 0.25) is 0 Å². The van der Waals surface area contributed by atoms with Crippen molar-refractivity contribution in [3.8, 4) is 0 Å². The number of rotatable bonds is 3. The first-order valence-corrected chi connectivity index (χ1v) is 5.87. The van der Waals surface area contributed by atoms with Gasteiger partial charge in [-0.25, -0.2) is 0 Å². The molecule has 0 saturated carbocycles. The van der Waals surface area contributed by atoms with E-state index in [9.17, 15) is 0 Å². The van der Waals surface area contributed by atoms with Gasteiger partial charge in [0.25, 0.3) is 0 Å². The SMILES string of the molecule is C/C=C/CCn1ccc2c1CCCC2N. The Hall–Kier alpha value is -1.02. The lowest BCUT2D eigenvalue weighted by molar-refractivity contribution is 0.540. The van der Waals surface area contributed by atoms with E-state index >= 15 is 0 Å². The van der Waals surface area contributed by atoms with E-state index in [-0.39, 0.29) is 6.04 Å². The van der Waals surface area contributed by atoms with Crippen molar-refractivity contribution in [1.29, 1.82) is 0 Å². The monoisotopic (exact) mass is 204 g/mol. The molecule has 1 atom stereocenters. The maximum atomic E-state index is 6.09. The van der Waals surface area contributed by atoms with E-state index in [0.29, 0.717) is 0 Å². The fraction of sp³-hybridized carbons (Fsp3) is 0.538. The Bertz CT molecular complexity index is 349. The van der Waals surface area contributed by atoms with E-state index in [0.717, 1.165) is 19.4 Å². The summed E-state index contributed by atoms with van der Waals surface area (Å²) < 4.78 is 2.37. The summed E-state index contributed by atoms with van der Waals surface area (Å²) in [5.74, 6) is 0. The van der Waals surface area contributed by atoms with E-state index in [4.69, 9.17) is 5.73 Å². The molecule has 1 aliphatic rings. The van der Waals surface area contributed by atoms with Crippen molar-refractivity contribution < 1.29 is 0 Å². The Morgan fingerprint density at radius 3 is 3.27 bits per heavy atom. The van der Waals surface area contributed by atoms with Crippen LogP contribution >= 0.6 is 0 Å². The fourth-order valence-corrected chi connectivity index (χ4v) is 2.38. The Labute approximate surface area is 91.8 Å². The summed E-state index contributed by atoms with van der Waals surface area (Å²) in [4.78, 5) is 0. The standard InChI is InChI=1S/C13H20N2/c1-2-3-4-9-15-10-8-11-12(14)6-5-7-13(11)15/h2-3,8,10,12H,4-7,9,14H2,1H3/b3-2+. The second-order valence-corrected chi connectivity index (χ2v) is 4.27. The molecular formula is C13H20N2. The number of nitrogens with two attached hydrogens (primary N) is 1. The second kappa shape index (κ2) is 4.67. The number of allylic oxidation sites excluding steroid dienone is 2. The molecule has 0 spiro atoms. The van der Waals surface area contributed by atoms with Crippen LogP contribution in [-0.2, 0) is 13.0 Å². The minimum absolute atomic E-state index is 0.275. The fourth-order valence-electron chi connectivity index (χ4n) is 2.38. The number of nitrogens with zero attached hydrogens (tertiary/aromatic N) is 1. The third kappa shape index (κ3) is 2.15. The van der Waals surface area contributed by atoms with E-state index in [1.807, 2.05) is 0 Å². The molecule has 2 nitrogen and oxygen atoms in total. The zero-order chi connectivity index (χ0) is 10.7. The van der Waals surface area contributed by atoms with Gasteiger partial charge in [-0.15, -0.1) is 0 Å². The molecule has 1 aliphatic carbocycles. The van der Waals surface area contributed by atoms with Crippen LogP contribution in [0, 0.1) is 0 Å². The van der Waals surface area contributed by atoms with Gasteiger partial charge in [-0.05, 0) is 44.2 Å². The molecule has 0 fully saturated rings. The quantitative estimate of drug-likeness (QED) is 0.754. The van der Waals surface area contributed by atoms with E-state index in [2.05, 4.69) is 35.9 Å². The minimum atomic E-state index is 0.275. The molecule has 2 N–H and O–H groups in total. The summed E-state index contributed by atoms with van der Waals surface area (Å²) in [5.41, 5.74) is 8.93. The molecular weight excluding hydrogens is 184 g/mol. The van der Waals surface area contributed by atoms with Gasteiger partial charge < -0.3 is 10.3 Å². The lowest BCUT2D eigenvalue weighted by atomic mass is 9.94. The lowest BCUT2D eigenvalue weighted by Gasteiger charge is -2.20. The second-order valence-electron chi connectivity index (χ2n) is 4.27. The van der Waals surface area contributed by atoms with Crippen molar-refractivity contribution >= 4 is 0 Å². The minimum Gasteiger partial charge on any atom is -0.351 e. The third-order valence-electron chi connectivity index (χ3n) is 3.21. The highest BCUT2D eigenvalue weighted by molar-refractivity contribution is 5.28. The molecule has 1 aromatic rings. The van der Waals surface area contributed by atoms with Gasteiger partial charge in [0.15, 0.2) is 0 Å². The van der Waals surface area contributed by atoms with Crippen LogP contribution in [0.1, 0.15) is 43.5 Å². The first kappa shape index (κ1) is 10.5. The van der Waals surface area contributed by atoms with Gasteiger partial charge in [0.1, 0.15) is 0 Å². The summed E-state index contributed by atoms with van der Waals surface area (Å²) in [6.07, 6.45) is 11.2. The first-order valence-electron chi connectivity index (χ1n) is 5.87. The molecule has 2 heteroatoms. The predicted octanol–water partition coefficient (Wildman–Crippen LogP) is 2.79. The molecule has 82 valence electrons.